The molecule has 0 aliphatic heterocycles. The molecule has 23 heavy (non-hydrogen) atoms. The highest BCUT2D eigenvalue weighted by molar-refractivity contribution is 5.75. The zero-order chi connectivity index (χ0) is 17.6. The molecule has 0 radical (unpaired) electrons. The summed E-state index contributed by atoms with van der Waals surface area (Å²) < 4.78 is 0.510. The number of nitrogens with zero attached hydrogens (tertiary/aromatic N) is 1. The molecule has 134 valence electrons. The lowest BCUT2D eigenvalue weighted by Gasteiger charge is -2.31. The highest BCUT2D eigenvalue weighted by atomic mass is 16.4. The summed E-state index contributed by atoms with van der Waals surface area (Å²) in [4.78, 5) is 22.6. The summed E-state index contributed by atoms with van der Waals surface area (Å²) in [7, 11) is 1.95. The van der Waals surface area contributed by atoms with Crippen molar-refractivity contribution in [1.82, 2.24) is 5.32 Å². The van der Waals surface area contributed by atoms with Gasteiger partial charge in [-0.05, 0) is 26.2 Å². The van der Waals surface area contributed by atoms with Gasteiger partial charge in [-0.3, -0.25) is 4.79 Å². The van der Waals surface area contributed by atoms with Gasteiger partial charge >= 0.3 is 5.97 Å². The van der Waals surface area contributed by atoms with Gasteiger partial charge in [0, 0.05) is 19.4 Å². The first-order valence-electron chi connectivity index (χ1n) is 8.86. The fourth-order valence-corrected chi connectivity index (χ4v) is 2.56. The van der Waals surface area contributed by atoms with Crippen LogP contribution in [0.4, 0.5) is 0 Å². The van der Waals surface area contributed by atoms with Gasteiger partial charge in [0.2, 0.25) is 5.91 Å². The molecule has 0 saturated carbocycles. The molecule has 0 aromatic rings. The summed E-state index contributed by atoms with van der Waals surface area (Å²) in [6.45, 7) is 8.02. The summed E-state index contributed by atoms with van der Waals surface area (Å²) in [5, 5.41) is 11.9. The number of carboxylic acid groups (broad SMARTS) is 1. The second-order valence-corrected chi connectivity index (χ2v) is 6.51. The normalized spacial score (nSPS) is 13.3. The predicted octanol–water partition coefficient (Wildman–Crippen LogP) is 2.96. The van der Waals surface area contributed by atoms with Gasteiger partial charge in [0.15, 0.2) is 6.54 Å². The standard InChI is InChI=1S/C18H34N2O3/c1-4-6-7-8-9-10-11-13-17(21)19-14-12-15-20(3,5-2)16-18(22)23/h4H,1,5-16H2,2-3H3,(H-,19,21,22,23)/p+1. The highest BCUT2D eigenvalue weighted by Gasteiger charge is 2.22. The summed E-state index contributed by atoms with van der Waals surface area (Å²) >= 11 is 0. The fraction of sp³-hybridized carbons (Fsp3) is 0.778. The minimum absolute atomic E-state index is 0.111. The van der Waals surface area contributed by atoms with Gasteiger partial charge in [0.25, 0.3) is 0 Å². The van der Waals surface area contributed by atoms with Crippen molar-refractivity contribution in [2.75, 3.05) is 33.2 Å². The van der Waals surface area contributed by atoms with Crippen LogP contribution in [0.5, 0.6) is 0 Å². The quantitative estimate of drug-likeness (QED) is 0.276. The maximum absolute atomic E-state index is 11.7. The van der Waals surface area contributed by atoms with Crippen LogP contribution in [0.15, 0.2) is 12.7 Å². The van der Waals surface area contributed by atoms with E-state index in [1.165, 1.54) is 19.3 Å². The van der Waals surface area contributed by atoms with Crippen molar-refractivity contribution in [2.45, 2.75) is 58.3 Å². The SMILES string of the molecule is C=CCCCCCCCC(=O)NCCC[N+](C)(CC)CC(=O)O. The molecule has 0 bridgehead atoms. The number of hydrogen-bond acceptors (Lipinski definition) is 2. The average molecular weight is 327 g/mol. The van der Waals surface area contributed by atoms with Crippen molar-refractivity contribution in [3.8, 4) is 0 Å². The zero-order valence-corrected chi connectivity index (χ0v) is 15.0. The number of unbranched alkanes of at least 4 members (excludes halogenated alkanes) is 5. The van der Waals surface area contributed by atoms with Crippen LogP contribution in [0.2, 0.25) is 0 Å². The van der Waals surface area contributed by atoms with Crippen LogP contribution in [-0.4, -0.2) is 54.7 Å². The summed E-state index contributed by atoms with van der Waals surface area (Å²) in [5.41, 5.74) is 0. The van der Waals surface area contributed by atoms with E-state index in [1.54, 1.807) is 0 Å². The van der Waals surface area contributed by atoms with E-state index in [-0.39, 0.29) is 12.5 Å². The van der Waals surface area contributed by atoms with Crippen LogP contribution in [0, 0.1) is 0 Å². The fourth-order valence-electron chi connectivity index (χ4n) is 2.56. The topological polar surface area (TPSA) is 66.4 Å². The lowest BCUT2D eigenvalue weighted by Crippen LogP contribution is -2.48. The number of likely N-dealkylation sites (N-methyl/N-ethyl adjacent to an activating group) is 1. The molecule has 0 rings (SSSR count). The van der Waals surface area contributed by atoms with Gasteiger partial charge < -0.3 is 14.9 Å². The van der Waals surface area contributed by atoms with Gasteiger partial charge in [0.05, 0.1) is 20.1 Å². The number of aliphatic carboxylic acids is 1. The lowest BCUT2D eigenvalue weighted by molar-refractivity contribution is -0.900. The Morgan fingerprint density at radius 2 is 1.78 bits per heavy atom. The maximum atomic E-state index is 11.7. The summed E-state index contributed by atoms with van der Waals surface area (Å²) in [6, 6.07) is 0. The number of carbonyl (C=O) groups is 2. The molecule has 0 spiro atoms. The molecule has 0 aliphatic carbocycles. The van der Waals surface area contributed by atoms with Gasteiger partial charge in [-0.25, -0.2) is 4.79 Å². The smallest absolute Gasteiger partial charge is 0.359 e. The Morgan fingerprint density at radius 1 is 1.13 bits per heavy atom. The van der Waals surface area contributed by atoms with E-state index in [2.05, 4.69) is 11.9 Å². The molecule has 1 atom stereocenters. The van der Waals surface area contributed by atoms with Crippen LogP contribution in [-0.2, 0) is 9.59 Å². The summed E-state index contributed by atoms with van der Waals surface area (Å²) in [5.74, 6) is -0.661. The lowest BCUT2D eigenvalue weighted by atomic mass is 10.1. The van der Waals surface area contributed by atoms with Crippen molar-refractivity contribution in [3.63, 3.8) is 0 Å². The van der Waals surface area contributed by atoms with Crippen LogP contribution in [0.3, 0.4) is 0 Å². The molecule has 1 amide bonds. The number of rotatable bonds is 15. The third-order valence-electron chi connectivity index (χ3n) is 4.29. The zero-order valence-electron chi connectivity index (χ0n) is 15.0. The molecule has 0 fully saturated rings. The van der Waals surface area contributed by atoms with E-state index in [1.807, 2.05) is 20.0 Å². The first-order valence-corrected chi connectivity index (χ1v) is 8.86. The van der Waals surface area contributed by atoms with Crippen molar-refractivity contribution in [1.29, 1.82) is 0 Å². The van der Waals surface area contributed by atoms with E-state index in [9.17, 15) is 9.59 Å². The molecule has 0 aromatic heterocycles. The molecule has 5 heteroatoms. The Labute approximate surface area is 141 Å². The molecular formula is C18H35N2O3+. The van der Waals surface area contributed by atoms with E-state index >= 15 is 0 Å². The second kappa shape index (κ2) is 13.1. The van der Waals surface area contributed by atoms with Crippen LogP contribution >= 0.6 is 0 Å². The van der Waals surface area contributed by atoms with Crippen molar-refractivity contribution in [3.05, 3.63) is 12.7 Å². The van der Waals surface area contributed by atoms with E-state index < -0.39 is 5.97 Å². The van der Waals surface area contributed by atoms with Gasteiger partial charge in [-0.1, -0.05) is 25.3 Å². The van der Waals surface area contributed by atoms with Gasteiger partial charge in [-0.2, -0.15) is 0 Å². The molecule has 0 heterocycles. The monoisotopic (exact) mass is 327 g/mol. The Hall–Kier alpha value is -1.36. The third kappa shape index (κ3) is 12.8. The average Bonchev–Trinajstić information content (AvgIpc) is 2.50. The Bertz CT molecular complexity index is 358. The highest BCUT2D eigenvalue weighted by Crippen LogP contribution is 2.07. The Kier molecular flexibility index (Phi) is 12.3. The number of hydrogen-bond donors (Lipinski definition) is 2. The van der Waals surface area contributed by atoms with E-state index in [4.69, 9.17) is 5.11 Å². The Balaban J connectivity index is 3.62. The van der Waals surface area contributed by atoms with Gasteiger partial charge in [-0.15, -0.1) is 6.58 Å². The van der Waals surface area contributed by atoms with Crippen LogP contribution < -0.4 is 5.32 Å². The maximum Gasteiger partial charge on any atom is 0.359 e. The number of nitrogens with one attached hydrogen (secondary N) is 1. The molecule has 0 aliphatic rings. The second-order valence-electron chi connectivity index (χ2n) is 6.51. The molecule has 5 nitrogen and oxygen atoms in total. The first-order chi connectivity index (χ1) is 10.9. The molecule has 0 aromatic carbocycles. The van der Waals surface area contributed by atoms with Crippen molar-refractivity contribution >= 4 is 11.9 Å². The molecule has 0 saturated heterocycles. The largest absolute Gasteiger partial charge is 0.477 e. The minimum atomic E-state index is -0.772. The number of carboxylic acids is 1. The minimum Gasteiger partial charge on any atom is -0.477 e. The van der Waals surface area contributed by atoms with Crippen LogP contribution in [0.1, 0.15) is 58.3 Å². The number of carbonyl (C=O) groups excluding carboxylic acids is 1. The van der Waals surface area contributed by atoms with Crippen molar-refractivity contribution in [2.24, 2.45) is 0 Å². The predicted molar refractivity (Wildman–Crippen MR) is 94.2 cm³/mol. The van der Waals surface area contributed by atoms with Crippen LogP contribution in [0.25, 0.3) is 0 Å². The van der Waals surface area contributed by atoms with E-state index in [0.29, 0.717) is 17.4 Å². The molecule has 1 unspecified atom stereocenters. The Morgan fingerprint density at radius 3 is 2.39 bits per heavy atom. The third-order valence-corrected chi connectivity index (χ3v) is 4.29. The number of allylic oxidation sites excluding steroid dienone is 1. The first kappa shape index (κ1) is 21.6. The van der Waals surface area contributed by atoms with E-state index in [0.717, 1.165) is 38.8 Å². The molecular weight excluding hydrogens is 292 g/mol. The van der Waals surface area contributed by atoms with Gasteiger partial charge in [0.1, 0.15) is 0 Å². The van der Waals surface area contributed by atoms with Crippen molar-refractivity contribution < 1.29 is 19.2 Å². The molecule has 2 N–H and O–H groups in total. The summed E-state index contributed by atoms with van der Waals surface area (Å²) in [6.07, 6.45) is 10.1. The number of amides is 1. The number of quaternary nitrogens is 1.